The third-order valence-electron chi connectivity index (χ3n) is 3.27. The number of aromatic nitrogens is 1. The maximum Gasteiger partial charge on any atom is 0.194 e. The van der Waals surface area contributed by atoms with Gasteiger partial charge in [-0.25, -0.2) is 4.98 Å². The van der Waals surface area contributed by atoms with E-state index in [1.165, 1.54) is 12.8 Å². The van der Waals surface area contributed by atoms with Crippen molar-refractivity contribution in [1.29, 1.82) is 0 Å². The van der Waals surface area contributed by atoms with Crippen molar-refractivity contribution in [2.75, 3.05) is 6.54 Å². The van der Waals surface area contributed by atoms with Gasteiger partial charge in [0.2, 0.25) is 0 Å². The third-order valence-corrected chi connectivity index (χ3v) is 3.96. The summed E-state index contributed by atoms with van der Waals surface area (Å²) in [7, 11) is 0. The molecule has 0 atom stereocenters. The Hall–Kier alpha value is -1.13. The van der Waals surface area contributed by atoms with Gasteiger partial charge in [-0.2, -0.15) is 0 Å². The van der Waals surface area contributed by atoms with Gasteiger partial charge in [-0.1, -0.05) is 34.1 Å². The summed E-state index contributed by atoms with van der Waals surface area (Å²) in [4.78, 5) is 4.35. The van der Waals surface area contributed by atoms with E-state index < -0.39 is 0 Å². The van der Waals surface area contributed by atoms with Crippen LogP contribution >= 0.6 is 15.9 Å². The van der Waals surface area contributed by atoms with Crippen molar-refractivity contribution in [3.8, 4) is 11.3 Å². The van der Waals surface area contributed by atoms with Crippen LogP contribution < -0.4 is 5.32 Å². The summed E-state index contributed by atoms with van der Waals surface area (Å²) < 4.78 is 6.84. The van der Waals surface area contributed by atoms with Crippen molar-refractivity contribution in [2.45, 2.75) is 31.7 Å². The molecule has 1 aromatic carbocycles. The van der Waals surface area contributed by atoms with Crippen LogP contribution in [0.3, 0.4) is 0 Å². The zero-order chi connectivity index (χ0) is 13.1. The Morgan fingerprint density at radius 2 is 2.16 bits per heavy atom. The molecule has 4 heteroatoms. The Labute approximate surface area is 121 Å². The highest BCUT2D eigenvalue weighted by Gasteiger charge is 2.19. The molecule has 0 spiro atoms. The summed E-state index contributed by atoms with van der Waals surface area (Å²) in [5.41, 5.74) is 1.05. The van der Waals surface area contributed by atoms with E-state index in [1.807, 2.05) is 30.5 Å². The van der Waals surface area contributed by atoms with Crippen LogP contribution in [0, 0.1) is 0 Å². The Kier molecular flexibility index (Phi) is 3.99. The summed E-state index contributed by atoms with van der Waals surface area (Å²) in [5.74, 6) is 1.65. The number of halogens is 1. The third kappa shape index (κ3) is 3.45. The number of hydrogen-bond donors (Lipinski definition) is 1. The number of aryl methyl sites for hydroxylation is 1. The van der Waals surface area contributed by atoms with Crippen molar-refractivity contribution in [3.05, 3.63) is 40.8 Å². The lowest BCUT2D eigenvalue weighted by atomic mass is 10.2. The van der Waals surface area contributed by atoms with Crippen LogP contribution in [0.15, 0.2) is 39.4 Å². The Bertz CT molecular complexity index is 549. The van der Waals surface area contributed by atoms with Gasteiger partial charge in [-0.15, -0.1) is 0 Å². The van der Waals surface area contributed by atoms with Gasteiger partial charge in [0, 0.05) is 22.5 Å². The van der Waals surface area contributed by atoms with Gasteiger partial charge >= 0.3 is 0 Å². The first-order valence-electron chi connectivity index (χ1n) is 6.76. The van der Waals surface area contributed by atoms with Crippen LogP contribution in [0.2, 0.25) is 0 Å². The fourth-order valence-electron chi connectivity index (χ4n) is 2.04. The Morgan fingerprint density at radius 1 is 1.32 bits per heavy atom. The van der Waals surface area contributed by atoms with Crippen LogP contribution in [0.25, 0.3) is 11.3 Å². The monoisotopic (exact) mass is 320 g/mol. The minimum absolute atomic E-state index is 0.778. The van der Waals surface area contributed by atoms with Gasteiger partial charge in [-0.05, 0) is 31.9 Å². The lowest BCUT2D eigenvalue weighted by Gasteiger charge is -2.00. The average molecular weight is 321 g/mol. The molecular formula is C15H17BrN2O. The van der Waals surface area contributed by atoms with Gasteiger partial charge in [-0.3, -0.25) is 0 Å². The average Bonchev–Trinajstić information content (AvgIpc) is 3.13. The van der Waals surface area contributed by atoms with Gasteiger partial charge in [0.1, 0.15) is 0 Å². The van der Waals surface area contributed by atoms with Crippen LogP contribution in [-0.4, -0.2) is 17.6 Å². The molecule has 1 aliphatic carbocycles. The zero-order valence-electron chi connectivity index (χ0n) is 10.7. The van der Waals surface area contributed by atoms with E-state index in [-0.39, 0.29) is 0 Å². The predicted octanol–water partition coefficient (Wildman–Crippen LogP) is 3.79. The molecule has 1 saturated carbocycles. The number of hydrogen-bond acceptors (Lipinski definition) is 3. The van der Waals surface area contributed by atoms with E-state index in [1.54, 1.807) is 0 Å². The molecule has 100 valence electrons. The highest BCUT2D eigenvalue weighted by Crippen LogP contribution is 2.28. The van der Waals surface area contributed by atoms with Gasteiger partial charge in [0.15, 0.2) is 11.7 Å². The first kappa shape index (κ1) is 12.9. The molecule has 1 aliphatic rings. The maximum atomic E-state index is 5.80. The quantitative estimate of drug-likeness (QED) is 0.823. The maximum absolute atomic E-state index is 5.80. The summed E-state index contributed by atoms with van der Waals surface area (Å²) in [6.07, 6.45) is 6.46. The molecule has 19 heavy (non-hydrogen) atoms. The highest BCUT2D eigenvalue weighted by atomic mass is 79.9. The van der Waals surface area contributed by atoms with Crippen molar-refractivity contribution in [3.63, 3.8) is 0 Å². The Balaban J connectivity index is 1.57. The lowest BCUT2D eigenvalue weighted by molar-refractivity contribution is 0.491. The molecule has 1 heterocycles. The van der Waals surface area contributed by atoms with Gasteiger partial charge < -0.3 is 9.73 Å². The smallest absolute Gasteiger partial charge is 0.194 e. The topological polar surface area (TPSA) is 38.1 Å². The fourth-order valence-corrected chi connectivity index (χ4v) is 2.52. The molecule has 2 aromatic rings. The second-order valence-electron chi connectivity index (χ2n) is 4.93. The summed E-state index contributed by atoms with van der Waals surface area (Å²) >= 11 is 3.53. The molecule has 3 rings (SSSR count). The van der Waals surface area contributed by atoms with Crippen molar-refractivity contribution < 1.29 is 4.42 Å². The number of rotatable bonds is 6. The molecule has 0 aliphatic heterocycles. The predicted molar refractivity (Wildman–Crippen MR) is 79.0 cm³/mol. The second-order valence-corrected chi connectivity index (χ2v) is 5.78. The lowest BCUT2D eigenvalue weighted by Crippen LogP contribution is -2.17. The number of nitrogens with one attached hydrogen (secondary N) is 1. The Morgan fingerprint density at radius 3 is 2.95 bits per heavy atom. The standard InChI is InChI=1S/C15H17BrN2O/c16-13-5-2-1-4-12(13)14-10-18-15(19-14)6-3-9-17-11-7-8-11/h1-2,4-5,10-11,17H,3,6-9H2. The molecule has 1 fully saturated rings. The molecular weight excluding hydrogens is 304 g/mol. The highest BCUT2D eigenvalue weighted by molar-refractivity contribution is 9.10. The number of oxazole rings is 1. The molecule has 0 unspecified atom stereocenters. The number of benzene rings is 1. The molecule has 3 nitrogen and oxygen atoms in total. The summed E-state index contributed by atoms with van der Waals surface area (Å²) in [6.45, 7) is 1.05. The molecule has 0 bridgehead atoms. The summed E-state index contributed by atoms with van der Waals surface area (Å²) in [5, 5.41) is 3.50. The normalized spacial score (nSPS) is 14.8. The van der Waals surface area contributed by atoms with E-state index in [0.717, 1.165) is 47.1 Å². The number of nitrogens with zero attached hydrogens (tertiary/aromatic N) is 1. The molecule has 0 amide bonds. The van der Waals surface area contributed by atoms with E-state index in [4.69, 9.17) is 4.42 Å². The van der Waals surface area contributed by atoms with Crippen LogP contribution in [0.5, 0.6) is 0 Å². The van der Waals surface area contributed by atoms with E-state index in [9.17, 15) is 0 Å². The first-order chi connectivity index (χ1) is 9.33. The zero-order valence-corrected chi connectivity index (χ0v) is 12.3. The molecule has 0 saturated heterocycles. The van der Waals surface area contributed by atoms with Gasteiger partial charge in [0.25, 0.3) is 0 Å². The van der Waals surface area contributed by atoms with E-state index >= 15 is 0 Å². The minimum Gasteiger partial charge on any atom is -0.441 e. The van der Waals surface area contributed by atoms with Crippen molar-refractivity contribution in [1.82, 2.24) is 10.3 Å². The largest absolute Gasteiger partial charge is 0.441 e. The van der Waals surface area contributed by atoms with Crippen molar-refractivity contribution in [2.24, 2.45) is 0 Å². The van der Waals surface area contributed by atoms with Crippen LogP contribution in [0.1, 0.15) is 25.2 Å². The van der Waals surface area contributed by atoms with Crippen LogP contribution in [0.4, 0.5) is 0 Å². The van der Waals surface area contributed by atoms with E-state index in [2.05, 4.69) is 26.2 Å². The molecule has 1 aromatic heterocycles. The summed E-state index contributed by atoms with van der Waals surface area (Å²) in [6, 6.07) is 8.82. The van der Waals surface area contributed by atoms with Gasteiger partial charge in [0.05, 0.1) is 6.20 Å². The van der Waals surface area contributed by atoms with E-state index in [0.29, 0.717) is 0 Å². The SMILES string of the molecule is Brc1ccccc1-c1cnc(CCCNC2CC2)o1. The molecule has 0 radical (unpaired) electrons. The van der Waals surface area contributed by atoms with Crippen LogP contribution in [-0.2, 0) is 6.42 Å². The minimum atomic E-state index is 0.778. The molecule has 1 N–H and O–H groups in total. The van der Waals surface area contributed by atoms with Crippen molar-refractivity contribution >= 4 is 15.9 Å². The first-order valence-corrected chi connectivity index (χ1v) is 7.55. The fraction of sp³-hybridized carbons (Fsp3) is 0.400. The second kappa shape index (κ2) is 5.88.